The van der Waals surface area contributed by atoms with E-state index in [1.54, 1.807) is 6.20 Å². The van der Waals surface area contributed by atoms with Gasteiger partial charge < -0.3 is 19.6 Å². The number of benzene rings is 1. The summed E-state index contributed by atoms with van der Waals surface area (Å²) in [5.41, 5.74) is 4.88. The van der Waals surface area contributed by atoms with Crippen molar-refractivity contribution >= 4 is 6.09 Å². The highest BCUT2D eigenvalue weighted by molar-refractivity contribution is 5.64. The van der Waals surface area contributed by atoms with Crippen LogP contribution in [0.4, 0.5) is 4.79 Å². The molecule has 2 aromatic rings. The fourth-order valence-electron chi connectivity index (χ4n) is 2.43. The molecule has 1 aliphatic rings. The summed E-state index contributed by atoms with van der Waals surface area (Å²) >= 11 is 0. The lowest BCUT2D eigenvalue weighted by Gasteiger charge is -2.30. The van der Waals surface area contributed by atoms with E-state index in [1.165, 1.54) is 6.26 Å². The lowest BCUT2D eigenvalue weighted by molar-refractivity contribution is 0.0865. The molecule has 1 amide bonds. The van der Waals surface area contributed by atoms with Gasteiger partial charge in [-0.05, 0) is 23.8 Å². The van der Waals surface area contributed by atoms with E-state index < -0.39 is 11.7 Å². The smallest absolute Gasteiger partial charge is 0.404 e. The molecule has 118 valence electrons. The van der Waals surface area contributed by atoms with Crippen molar-refractivity contribution in [2.45, 2.75) is 12.0 Å². The Morgan fingerprint density at radius 3 is 2.87 bits per heavy atom. The number of hydrogen-bond donors (Lipinski definition) is 1. The van der Waals surface area contributed by atoms with E-state index >= 15 is 0 Å². The molecule has 1 aliphatic carbocycles. The first-order chi connectivity index (χ1) is 11.2. The van der Waals surface area contributed by atoms with Crippen LogP contribution in [0.25, 0.3) is 0 Å². The number of aromatic nitrogens is 1. The topological polar surface area (TPSA) is 87.6 Å². The summed E-state index contributed by atoms with van der Waals surface area (Å²) in [7, 11) is 0. The van der Waals surface area contributed by atoms with Crippen LogP contribution in [0.5, 0.6) is 5.75 Å². The summed E-state index contributed by atoms with van der Waals surface area (Å²) in [5.74, 6) is 1.12. The molecule has 0 saturated heterocycles. The second-order valence-electron chi connectivity index (χ2n) is 5.08. The van der Waals surface area contributed by atoms with Crippen LogP contribution in [0, 0.1) is 0 Å². The maximum absolute atomic E-state index is 10.8. The number of hydrogen-bond acceptors (Lipinski definition) is 5. The summed E-state index contributed by atoms with van der Waals surface area (Å²) < 4.78 is 16.5. The Morgan fingerprint density at radius 2 is 2.17 bits per heavy atom. The fraction of sp³-hybridized carbons (Fsp3) is 0.176. The maximum Gasteiger partial charge on any atom is 0.404 e. The molecule has 0 bridgehead atoms. The first-order valence-electron chi connectivity index (χ1n) is 7.12. The minimum absolute atomic E-state index is 0.0619. The van der Waals surface area contributed by atoms with Gasteiger partial charge in [-0.3, -0.25) is 0 Å². The van der Waals surface area contributed by atoms with Gasteiger partial charge in [-0.2, -0.15) is 0 Å². The number of amides is 1. The maximum atomic E-state index is 10.8. The van der Waals surface area contributed by atoms with Crippen LogP contribution >= 0.6 is 0 Å². The molecule has 1 atom stereocenters. The number of rotatable bonds is 5. The van der Waals surface area contributed by atoms with E-state index in [2.05, 4.69) is 4.98 Å². The third kappa shape index (κ3) is 3.42. The van der Waals surface area contributed by atoms with Crippen LogP contribution in [0.2, 0.25) is 0 Å². The molecular weight excluding hydrogens is 296 g/mol. The molecule has 0 aliphatic heterocycles. The van der Waals surface area contributed by atoms with E-state index in [4.69, 9.17) is 19.6 Å². The number of para-hydroxylation sites is 1. The standard InChI is InChI=1S/C17H16N2O4/c18-16(20)22-12-13-5-4-8-17(11-13,15-19-9-10-21-15)23-14-6-2-1-3-7-14/h1-7,9-11H,8,12H2,(H2,18,20). The van der Waals surface area contributed by atoms with Crippen molar-refractivity contribution in [1.29, 1.82) is 0 Å². The monoisotopic (exact) mass is 312 g/mol. The van der Waals surface area contributed by atoms with Gasteiger partial charge in [0.1, 0.15) is 18.6 Å². The van der Waals surface area contributed by atoms with Crippen molar-refractivity contribution in [2.24, 2.45) is 5.73 Å². The van der Waals surface area contributed by atoms with Crippen molar-refractivity contribution in [3.63, 3.8) is 0 Å². The summed E-state index contributed by atoms with van der Waals surface area (Å²) in [4.78, 5) is 15.0. The van der Waals surface area contributed by atoms with Gasteiger partial charge in [-0.25, -0.2) is 9.78 Å². The summed E-state index contributed by atoms with van der Waals surface area (Å²) in [6.07, 6.45) is 8.41. The zero-order chi connectivity index (χ0) is 16.1. The second-order valence-corrected chi connectivity index (χ2v) is 5.08. The number of oxazole rings is 1. The molecular formula is C17H16N2O4. The minimum Gasteiger partial charge on any atom is -0.473 e. The summed E-state index contributed by atoms with van der Waals surface area (Å²) in [6.45, 7) is 0.0619. The molecule has 0 radical (unpaired) electrons. The Hall–Kier alpha value is -3.02. The first-order valence-corrected chi connectivity index (χ1v) is 7.12. The molecule has 0 saturated carbocycles. The van der Waals surface area contributed by atoms with Crippen molar-refractivity contribution in [1.82, 2.24) is 4.98 Å². The number of carbonyl (C=O) groups is 1. The molecule has 3 rings (SSSR count). The first kappa shape index (κ1) is 14.9. The van der Waals surface area contributed by atoms with Crippen LogP contribution in [0.1, 0.15) is 12.3 Å². The number of nitrogens with two attached hydrogens (primary N) is 1. The van der Waals surface area contributed by atoms with Gasteiger partial charge in [-0.15, -0.1) is 0 Å². The Kier molecular flexibility index (Phi) is 4.14. The Morgan fingerprint density at radius 1 is 1.35 bits per heavy atom. The SMILES string of the molecule is NC(=O)OCC1=CC(Oc2ccccc2)(c2ncco2)CC=C1. The van der Waals surface area contributed by atoms with E-state index in [9.17, 15) is 4.79 Å². The lowest BCUT2D eigenvalue weighted by Crippen LogP contribution is -2.33. The van der Waals surface area contributed by atoms with E-state index in [1.807, 2.05) is 48.6 Å². The van der Waals surface area contributed by atoms with Gasteiger partial charge in [-0.1, -0.05) is 30.4 Å². The molecule has 0 spiro atoms. The largest absolute Gasteiger partial charge is 0.473 e. The predicted octanol–water partition coefficient (Wildman–Crippen LogP) is 2.93. The van der Waals surface area contributed by atoms with Gasteiger partial charge in [0.05, 0.1) is 6.20 Å². The minimum atomic E-state index is -0.893. The normalized spacial score (nSPS) is 19.9. The molecule has 0 fully saturated rings. The molecule has 6 heteroatoms. The number of primary amides is 1. The van der Waals surface area contributed by atoms with E-state index in [0.717, 1.165) is 5.57 Å². The number of ether oxygens (including phenoxy) is 2. The van der Waals surface area contributed by atoms with Gasteiger partial charge in [0.2, 0.25) is 11.5 Å². The van der Waals surface area contributed by atoms with Crippen LogP contribution in [-0.2, 0) is 10.3 Å². The number of nitrogens with zero attached hydrogens (tertiary/aromatic N) is 1. The average Bonchev–Trinajstić information content (AvgIpc) is 3.09. The van der Waals surface area contributed by atoms with Crippen LogP contribution in [0.15, 0.2) is 71.0 Å². The number of carbonyl (C=O) groups excluding carboxylic acids is 1. The zero-order valence-corrected chi connectivity index (χ0v) is 12.3. The Bertz CT molecular complexity index is 722. The Balaban J connectivity index is 1.93. The van der Waals surface area contributed by atoms with Crippen LogP contribution in [0.3, 0.4) is 0 Å². The van der Waals surface area contributed by atoms with E-state index in [0.29, 0.717) is 18.1 Å². The van der Waals surface area contributed by atoms with Crippen molar-refractivity contribution in [3.8, 4) is 5.75 Å². The van der Waals surface area contributed by atoms with E-state index in [-0.39, 0.29) is 6.61 Å². The van der Waals surface area contributed by atoms with Gasteiger partial charge >= 0.3 is 6.09 Å². The van der Waals surface area contributed by atoms with Crippen LogP contribution in [-0.4, -0.2) is 17.7 Å². The fourth-order valence-corrected chi connectivity index (χ4v) is 2.43. The summed E-state index contributed by atoms with van der Waals surface area (Å²) in [5, 5.41) is 0. The van der Waals surface area contributed by atoms with Gasteiger partial charge in [0.25, 0.3) is 0 Å². The molecule has 2 N–H and O–H groups in total. The summed E-state index contributed by atoms with van der Waals surface area (Å²) in [6, 6.07) is 9.40. The molecule has 23 heavy (non-hydrogen) atoms. The predicted molar refractivity (Wildman–Crippen MR) is 82.6 cm³/mol. The van der Waals surface area contributed by atoms with Crippen LogP contribution < -0.4 is 10.5 Å². The third-order valence-corrected chi connectivity index (χ3v) is 3.39. The highest BCUT2D eigenvalue weighted by Crippen LogP contribution is 2.36. The van der Waals surface area contributed by atoms with Crippen molar-refractivity contribution in [3.05, 3.63) is 72.5 Å². The molecule has 6 nitrogen and oxygen atoms in total. The Labute approximate surface area is 133 Å². The zero-order valence-electron chi connectivity index (χ0n) is 12.3. The molecule has 1 unspecified atom stereocenters. The third-order valence-electron chi connectivity index (χ3n) is 3.39. The van der Waals surface area contributed by atoms with Gasteiger partial charge in [0.15, 0.2) is 0 Å². The quantitative estimate of drug-likeness (QED) is 0.917. The second kappa shape index (κ2) is 6.39. The molecule has 1 aromatic heterocycles. The lowest BCUT2D eigenvalue weighted by atomic mass is 9.91. The highest BCUT2D eigenvalue weighted by atomic mass is 16.5. The van der Waals surface area contributed by atoms with Crippen molar-refractivity contribution < 1.29 is 18.7 Å². The highest BCUT2D eigenvalue weighted by Gasteiger charge is 2.38. The van der Waals surface area contributed by atoms with Crippen molar-refractivity contribution in [2.75, 3.05) is 6.61 Å². The van der Waals surface area contributed by atoms with Gasteiger partial charge in [0, 0.05) is 6.42 Å². The molecule has 1 aromatic carbocycles. The molecule has 1 heterocycles. The average molecular weight is 312 g/mol.